The Hall–Kier alpha value is -2.14. The van der Waals surface area contributed by atoms with Crippen molar-refractivity contribution in [2.45, 2.75) is 32.1 Å². The van der Waals surface area contributed by atoms with Crippen molar-refractivity contribution in [3.8, 4) is 11.3 Å². The van der Waals surface area contributed by atoms with E-state index in [1.165, 1.54) is 0 Å². The molecule has 1 aromatic heterocycles. The molecule has 2 heterocycles. The van der Waals surface area contributed by atoms with Crippen molar-refractivity contribution in [3.63, 3.8) is 0 Å². The highest BCUT2D eigenvalue weighted by Gasteiger charge is 2.21. The molecule has 3 rings (SSSR count). The maximum atomic E-state index is 12.3. The number of benzene rings is 1. The predicted octanol–water partition coefficient (Wildman–Crippen LogP) is 2.86. The van der Waals surface area contributed by atoms with Gasteiger partial charge in [-0.3, -0.25) is 4.79 Å². The number of aryl methyl sites for hydroxylation is 1. The highest BCUT2D eigenvalue weighted by atomic mass is 16.4. The van der Waals surface area contributed by atoms with Gasteiger partial charge in [-0.1, -0.05) is 30.3 Å². The number of hydrogen-bond donors (Lipinski definition) is 1. The molecule has 1 amide bonds. The lowest BCUT2D eigenvalue weighted by Gasteiger charge is -2.31. The Morgan fingerprint density at radius 2 is 2.00 bits per heavy atom. The van der Waals surface area contributed by atoms with Crippen LogP contribution in [0, 0.1) is 5.92 Å². The van der Waals surface area contributed by atoms with Gasteiger partial charge in [0.25, 0.3) is 0 Å². The summed E-state index contributed by atoms with van der Waals surface area (Å²) in [6.07, 6.45) is 5.83. The third-order valence-corrected chi connectivity index (χ3v) is 4.69. The second kappa shape index (κ2) is 8.11. The molecule has 1 aliphatic heterocycles. The minimum absolute atomic E-state index is 0.236. The predicted molar refractivity (Wildman–Crippen MR) is 93.2 cm³/mol. The zero-order valence-electron chi connectivity index (χ0n) is 14.0. The number of carbonyl (C=O) groups is 1. The number of nitrogens with two attached hydrogens (primary N) is 1. The lowest BCUT2D eigenvalue weighted by Crippen LogP contribution is -2.39. The topological polar surface area (TPSA) is 72.4 Å². The maximum Gasteiger partial charge on any atom is 0.222 e. The molecule has 1 saturated heterocycles. The molecule has 5 nitrogen and oxygen atoms in total. The molecule has 24 heavy (non-hydrogen) atoms. The summed E-state index contributed by atoms with van der Waals surface area (Å²) in [5, 5.41) is 0. The number of piperidine rings is 1. The van der Waals surface area contributed by atoms with Gasteiger partial charge in [-0.2, -0.15) is 0 Å². The molecule has 128 valence electrons. The van der Waals surface area contributed by atoms with Crippen molar-refractivity contribution >= 4 is 5.91 Å². The Bertz CT molecular complexity index is 646. The zero-order valence-corrected chi connectivity index (χ0v) is 14.0. The van der Waals surface area contributed by atoms with Crippen LogP contribution in [0.4, 0.5) is 0 Å². The summed E-state index contributed by atoms with van der Waals surface area (Å²) in [7, 11) is 0. The van der Waals surface area contributed by atoms with Crippen LogP contribution in [0.5, 0.6) is 0 Å². The molecular formula is C19H25N3O2. The van der Waals surface area contributed by atoms with Crippen LogP contribution >= 0.6 is 0 Å². The number of carbonyl (C=O) groups excluding carboxylic acids is 1. The average molecular weight is 327 g/mol. The van der Waals surface area contributed by atoms with E-state index in [2.05, 4.69) is 4.98 Å². The number of amides is 1. The summed E-state index contributed by atoms with van der Waals surface area (Å²) in [5.74, 6) is 2.29. The van der Waals surface area contributed by atoms with Crippen LogP contribution in [0.2, 0.25) is 0 Å². The Morgan fingerprint density at radius 1 is 1.25 bits per heavy atom. The Kier molecular flexibility index (Phi) is 5.64. The zero-order chi connectivity index (χ0) is 16.8. The van der Waals surface area contributed by atoms with Crippen LogP contribution in [0.25, 0.3) is 11.3 Å². The minimum Gasteiger partial charge on any atom is -0.441 e. The van der Waals surface area contributed by atoms with Gasteiger partial charge in [0, 0.05) is 31.5 Å². The van der Waals surface area contributed by atoms with Gasteiger partial charge in [-0.15, -0.1) is 0 Å². The van der Waals surface area contributed by atoms with E-state index in [0.29, 0.717) is 24.7 Å². The third-order valence-electron chi connectivity index (χ3n) is 4.69. The van der Waals surface area contributed by atoms with E-state index < -0.39 is 0 Å². The van der Waals surface area contributed by atoms with Gasteiger partial charge >= 0.3 is 0 Å². The first-order valence-corrected chi connectivity index (χ1v) is 8.74. The monoisotopic (exact) mass is 327 g/mol. The first kappa shape index (κ1) is 16.7. The number of hydrogen-bond acceptors (Lipinski definition) is 4. The molecular weight excluding hydrogens is 302 g/mol. The number of rotatable bonds is 6. The van der Waals surface area contributed by atoms with Crippen molar-refractivity contribution in [1.29, 1.82) is 0 Å². The molecule has 0 saturated carbocycles. The SMILES string of the molecule is NCC1CCN(C(=O)CCCc2ncc(-c3ccccc3)o2)CC1. The first-order valence-electron chi connectivity index (χ1n) is 8.74. The number of nitrogens with zero attached hydrogens (tertiary/aromatic N) is 2. The molecule has 0 bridgehead atoms. The van der Waals surface area contributed by atoms with Gasteiger partial charge in [-0.05, 0) is 31.7 Å². The van der Waals surface area contributed by atoms with Gasteiger partial charge in [-0.25, -0.2) is 4.98 Å². The fourth-order valence-corrected chi connectivity index (χ4v) is 3.13. The summed E-state index contributed by atoms with van der Waals surface area (Å²) in [4.78, 5) is 18.5. The summed E-state index contributed by atoms with van der Waals surface area (Å²) >= 11 is 0. The number of aromatic nitrogens is 1. The highest BCUT2D eigenvalue weighted by molar-refractivity contribution is 5.76. The molecule has 1 aliphatic rings. The van der Waals surface area contributed by atoms with E-state index in [9.17, 15) is 4.79 Å². The molecule has 0 atom stereocenters. The quantitative estimate of drug-likeness (QED) is 0.885. The summed E-state index contributed by atoms with van der Waals surface area (Å²) < 4.78 is 5.78. The van der Waals surface area contributed by atoms with Gasteiger partial charge in [0.15, 0.2) is 11.7 Å². The van der Waals surface area contributed by atoms with Gasteiger partial charge < -0.3 is 15.1 Å². The normalized spacial score (nSPS) is 15.6. The molecule has 2 aromatic rings. The fourth-order valence-electron chi connectivity index (χ4n) is 3.13. The van der Waals surface area contributed by atoms with Crippen molar-refractivity contribution in [3.05, 3.63) is 42.4 Å². The summed E-state index contributed by atoms with van der Waals surface area (Å²) in [6, 6.07) is 9.92. The van der Waals surface area contributed by atoms with E-state index in [1.54, 1.807) is 6.20 Å². The molecule has 5 heteroatoms. The summed E-state index contributed by atoms with van der Waals surface area (Å²) in [5.41, 5.74) is 6.72. The average Bonchev–Trinajstić information content (AvgIpc) is 3.11. The van der Waals surface area contributed by atoms with Crippen LogP contribution in [-0.4, -0.2) is 35.4 Å². The standard InChI is InChI=1S/C19H25N3O2/c20-13-15-9-11-22(12-10-15)19(23)8-4-7-18-21-14-17(24-18)16-5-2-1-3-6-16/h1-3,5-6,14-15H,4,7-13,20H2. The second-order valence-corrected chi connectivity index (χ2v) is 6.40. The minimum atomic E-state index is 0.236. The van der Waals surface area contributed by atoms with Crippen molar-refractivity contribution in [2.24, 2.45) is 11.7 Å². The van der Waals surface area contributed by atoms with Crippen molar-refractivity contribution < 1.29 is 9.21 Å². The van der Waals surface area contributed by atoms with Crippen LogP contribution in [0.3, 0.4) is 0 Å². The molecule has 0 spiro atoms. The molecule has 1 aromatic carbocycles. The lowest BCUT2D eigenvalue weighted by molar-refractivity contribution is -0.132. The maximum absolute atomic E-state index is 12.3. The van der Waals surface area contributed by atoms with Crippen LogP contribution in [0.1, 0.15) is 31.6 Å². The largest absolute Gasteiger partial charge is 0.441 e. The second-order valence-electron chi connectivity index (χ2n) is 6.40. The molecule has 0 radical (unpaired) electrons. The van der Waals surface area contributed by atoms with E-state index in [0.717, 1.165) is 50.2 Å². The van der Waals surface area contributed by atoms with Crippen LogP contribution in [-0.2, 0) is 11.2 Å². The van der Waals surface area contributed by atoms with Crippen LogP contribution in [0.15, 0.2) is 40.9 Å². The smallest absolute Gasteiger partial charge is 0.222 e. The van der Waals surface area contributed by atoms with E-state index in [4.69, 9.17) is 10.2 Å². The van der Waals surface area contributed by atoms with Gasteiger partial charge in [0.05, 0.1) is 6.20 Å². The van der Waals surface area contributed by atoms with Gasteiger partial charge in [0.2, 0.25) is 5.91 Å². The Morgan fingerprint density at radius 3 is 2.71 bits per heavy atom. The Labute approximate surface area is 142 Å². The third kappa shape index (κ3) is 4.23. The number of likely N-dealkylation sites (tertiary alicyclic amines) is 1. The van der Waals surface area contributed by atoms with E-state index in [-0.39, 0.29) is 5.91 Å². The van der Waals surface area contributed by atoms with E-state index in [1.807, 2.05) is 35.2 Å². The summed E-state index contributed by atoms with van der Waals surface area (Å²) in [6.45, 7) is 2.42. The van der Waals surface area contributed by atoms with E-state index >= 15 is 0 Å². The molecule has 2 N–H and O–H groups in total. The Balaban J connectivity index is 1.44. The fraction of sp³-hybridized carbons (Fsp3) is 0.474. The van der Waals surface area contributed by atoms with Gasteiger partial charge in [0.1, 0.15) is 0 Å². The van der Waals surface area contributed by atoms with Crippen molar-refractivity contribution in [2.75, 3.05) is 19.6 Å². The highest BCUT2D eigenvalue weighted by Crippen LogP contribution is 2.21. The molecule has 0 unspecified atom stereocenters. The number of oxazole rings is 1. The molecule has 0 aliphatic carbocycles. The lowest BCUT2D eigenvalue weighted by atomic mass is 9.97. The molecule has 1 fully saturated rings. The first-order chi connectivity index (χ1) is 11.8. The van der Waals surface area contributed by atoms with Crippen LogP contribution < -0.4 is 5.73 Å². The van der Waals surface area contributed by atoms with Crippen molar-refractivity contribution in [1.82, 2.24) is 9.88 Å².